The summed E-state index contributed by atoms with van der Waals surface area (Å²) >= 11 is 3.57. The van der Waals surface area contributed by atoms with Crippen molar-refractivity contribution in [3.05, 3.63) is 59.7 Å². The maximum Gasteiger partial charge on any atom is 0.224 e. The fraction of sp³-hybridized carbons (Fsp3) is 0.316. The second-order valence-corrected chi connectivity index (χ2v) is 7.69. The summed E-state index contributed by atoms with van der Waals surface area (Å²) in [5.74, 6) is 1.92. The Hall–Kier alpha value is -1.59. The van der Waals surface area contributed by atoms with E-state index >= 15 is 0 Å². The highest BCUT2D eigenvalue weighted by molar-refractivity contribution is 7.99. The number of methoxy groups -OCH3 is 1. The van der Waals surface area contributed by atoms with Gasteiger partial charge >= 0.3 is 0 Å². The van der Waals surface area contributed by atoms with Crippen LogP contribution in [0.25, 0.3) is 0 Å². The van der Waals surface area contributed by atoms with Crippen LogP contribution in [0.5, 0.6) is 5.75 Å². The van der Waals surface area contributed by atoms with Crippen LogP contribution in [0, 0.1) is 0 Å². The molecule has 2 aromatic rings. The van der Waals surface area contributed by atoms with Gasteiger partial charge in [0.05, 0.1) is 7.11 Å². The molecule has 0 aromatic heterocycles. The van der Waals surface area contributed by atoms with E-state index in [1.54, 1.807) is 18.9 Å². The predicted molar refractivity (Wildman–Crippen MR) is 102 cm³/mol. The Morgan fingerprint density at radius 3 is 2.75 bits per heavy atom. The minimum absolute atomic E-state index is 0.0772. The third kappa shape index (κ3) is 3.90. The van der Waals surface area contributed by atoms with Gasteiger partial charge in [0.1, 0.15) is 11.1 Å². The van der Waals surface area contributed by atoms with E-state index in [2.05, 4.69) is 30.5 Å². The zero-order valence-corrected chi connectivity index (χ0v) is 15.5. The summed E-state index contributed by atoms with van der Waals surface area (Å²) in [6.07, 6.45) is 2.68. The van der Waals surface area contributed by atoms with Gasteiger partial charge in [-0.25, -0.2) is 0 Å². The lowest BCUT2D eigenvalue weighted by atomic mass is 10.1. The van der Waals surface area contributed by atoms with Crippen LogP contribution in [0.4, 0.5) is 0 Å². The van der Waals surface area contributed by atoms with Crippen molar-refractivity contribution in [2.45, 2.75) is 23.2 Å². The standard InChI is InChI=1S/C19H21NO2S2/c1-22-16-5-3-4-14(12-16)13-20-18(21)10-11-24-19(20)15-6-8-17(23-2)9-7-15/h3-9,12,19H,10-11,13H2,1-2H3. The van der Waals surface area contributed by atoms with Gasteiger partial charge in [-0.2, -0.15) is 0 Å². The van der Waals surface area contributed by atoms with Crippen molar-refractivity contribution in [3.8, 4) is 5.75 Å². The SMILES string of the molecule is COc1cccc(CN2C(=O)CCSC2c2ccc(SC)cc2)c1. The number of rotatable bonds is 5. The lowest BCUT2D eigenvalue weighted by molar-refractivity contribution is -0.132. The summed E-state index contributed by atoms with van der Waals surface area (Å²) in [5, 5.41) is 0.0772. The van der Waals surface area contributed by atoms with Crippen LogP contribution in [0.1, 0.15) is 22.9 Å². The molecule has 1 saturated heterocycles. The second kappa shape index (κ2) is 7.99. The number of amides is 1. The Morgan fingerprint density at radius 1 is 1.25 bits per heavy atom. The van der Waals surface area contributed by atoms with E-state index in [0.717, 1.165) is 17.1 Å². The molecule has 3 nitrogen and oxygen atoms in total. The number of ether oxygens (including phenoxy) is 1. The van der Waals surface area contributed by atoms with E-state index in [4.69, 9.17) is 4.74 Å². The van der Waals surface area contributed by atoms with E-state index in [-0.39, 0.29) is 11.3 Å². The fourth-order valence-electron chi connectivity index (χ4n) is 2.81. The smallest absolute Gasteiger partial charge is 0.224 e. The normalized spacial score (nSPS) is 17.8. The molecule has 0 bridgehead atoms. The Balaban J connectivity index is 1.84. The second-order valence-electron chi connectivity index (χ2n) is 5.62. The summed E-state index contributed by atoms with van der Waals surface area (Å²) < 4.78 is 5.30. The number of carbonyl (C=O) groups excluding carboxylic acids is 1. The van der Waals surface area contributed by atoms with E-state index in [9.17, 15) is 4.79 Å². The minimum Gasteiger partial charge on any atom is -0.497 e. The predicted octanol–water partition coefficient (Wildman–Crippen LogP) is 4.58. The Bertz CT molecular complexity index is 703. The molecule has 0 spiro atoms. The topological polar surface area (TPSA) is 29.5 Å². The molecule has 2 aromatic carbocycles. The Labute approximate surface area is 151 Å². The summed E-state index contributed by atoms with van der Waals surface area (Å²) in [4.78, 5) is 15.8. The molecule has 1 fully saturated rings. The maximum atomic E-state index is 12.5. The number of carbonyl (C=O) groups is 1. The largest absolute Gasteiger partial charge is 0.497 e. The Morgan fingerprint density at radius 2 is 2.04 bits per heavy atom. The molecule has 0 saturated carbocycles. The van der Waals surface area contributed by atoms with Crippen molar-refractivity contribution < 1.29 is 9.53 Å². The molecule has 3 rings (SSSR count). The summed E-state index contributed by atoms with van der Waals surface area (Å²) in [5.41, 5.74) is 2.28. The molecule has 1 heterocycles. The van der Waals surface area contributed by atoms with Gasteiger partial charge in [0.25, 0.3) is 0 Å². The van der Waals surface area contributed by atoms with Gasteiger partial charge in [0, 0.05) is 23.6 Å². The molecule has 1 aliphatic rings. The van der Waals surface area contributed by atoms with Crippen LogP contribution in [-0.4, -0.2) is 29.9 Å². The van der Waals surface area contributed by atoms with Gasteiger partial charge in [-0.05, 0) is 41.6 Å². The third-order valence-corrected chi connectivity index (χ3v) is 6.11. The highest BCUT2D eigenvalue weighted by Crippen LogP contribution is 2.38. The van der Waals surface area contributed by atoms with Gasteiger partial charge in [-0.15, -0.1) is 23.5 Å². The third-order valence-electron chi connectivity index (χ3n) is 4.08. The van der Waals surface area contributed by atoms with Crippen LogP contribution < -0.4 is 4.74 Å². The quantitative estimate of drug-likeness (QED) is 0.731. The number of nitrogens with zero attached hydrogens (tertiary/aromatic N) is 1. The Kier molecular flexibility index (Phi) is 5.74. The first kappa shape index (κ1) is 17.2. The molecule has 0 radical (unpaired) electrons. The minimum atomic E-state index is 0.0772. The summed E-state index contributed by atoms with van der Waals surface area (Å²) in [6.45, 7) is 0.609. The molecular formula is C19H21NO2S2. The number of benzene rings is 2. The van der Waals surface area contributed by atoms with E-state index in [0.29, 0.717) is 13.0 Å². The van der Waals surface area contributed by atoms with Gasteiger partial charge in [0.2, 0.25) is 5.91 Å². The molecule has 1 atom stereocenters. The number of hydrogen-bond donors (Lipinski definition) is 0. The first-order valence-corrected chi connectivity index (χ1v) is 10.2. The number of thioether (sulfide) groups is 2. The van der Waals surface area contributed by atoms with Gasteiger partial charge in [-0.1, -0.05) is 24.3 Å². The highest BCUT2D eigenvalue weighted by atomic mass is 32.2. The lowest BCUT2D eigenvalue weighted by Crippen LogP contribution is -2.36. The molecule has 24 heavy (non-hydrogen) atoms. The van der Waals surface area contributed by atoms with Crippen LogP contribution in [0.2, 0.25) is 0 Å². The van der Waals surface area contributed by atoms with Crippen molar-refractivity contribution in [2.75, 3.05) is 19.1 Å². The molecule has 5 heteroatoms. The van der Waals surface area contributed by atoms with Crippen molar-refractivity contribution in [3.63, 3.8) is 0 Å². The van der Waals surface area contributed by atoms with Crippen molar-refractivity contribution in [1.29, 1.82) is 0 Å². The first-order chi connectivity index (χ1) is 11.7. The van der Waals surface area contributed by atoms with Gasteiger partial charge in [-0.3, -0.25) is 4.79 Å². The van der Waals surface area contributed by atoms with Crippen LogP contribution in [0.15, 0.2) is 53.4 Å². The average molecular weight is 360 g/mol. The number of hydrogen-bond acceptors (Lipinski definition) is 4. The first-order valence-electron chi connectivity index (χ1n) is 7.89. The molecular weight excluding hydrogens is 338 g/mol. The van der Waals surface area contributed by atoms with E-state index in [1.807, 2.05) is 40.9 Å². The summed E-state index contributed by atoms with van der Waals surface area (Å²) in [7, 11) is 1.66. The zero-order valence-electron chi connectivity index (χ0n) is 13.9. The maximum absolute atomic E-state index is 12.5. The van der Waals surface area contributed by atoms with Gasteiger partial charge < -0.3 is 9.64 Å². The van der Waals surface area contributed by atoms with Crippen molar-refractivity contribution in [2.24, 2.45) is 0 Å². The zero-order chi connectivity index (χ0) is 16.9. The monoisotopic (exact) mass is 359 g/mol. The average Bonchev–Trinajstić information content (AvgIpc) is 2.64. The van der Waals surface area contributed by atoms with Gasteiger partial charge in [0.15, 0.2) is 0 Å². The van der Waals surface area contributed by atoms with Crippen LogP contribution in [0.3, 0.4) is 0 Å². The molecule has 1 amide bonds. The highest BCUT2D eigenvalue weighted by Gasteiger charge is 2.29. The molecule has 0 aliphatic carbocycles. The van der Waals surface area contributed by atoms with Crippen LogP contribution >= 0.6 is 23.5 Å². The summed E-state index contributed by atoms with van der Waals surface area (Å²) in [6, 6.07) is 16.5. The van der Waals surface area contributed by atoms with E-state index < -0.39 is 0 Å². The fourth-order valence-corrected chi connectivity index (χ4v) is 4.45. The van der Waals surface area contributed by atoms with E-state index in [1.165, 1.54) is 10.5 Å². The molecule has 126 valence electrons. The molecule has 1 aliphatic heterocycles. The molecule has 0 N–H and O–H groups in total. The van der Waals surface area contributed by atoms with Crippen molar-refractivity contribution >= 4 is 29.4 Å². The molecule has 1 unspecified atom stereocenters. The lowest BCUT2D eigenvalue weighted by Gasteiger charge is -2.35. The van der Waals surface area contributed by atoms with Crippen LogP contribution in [-0.2, 0) is 11.3 Å². The van der Waals surface area contributed by atoms with Crippen molar-refractivity contribution in [1.82, 2.24) is 4.90 Å².